The zero-order valence-corrected chi connectivity index (χ0v) is 15.4. The molecule has 1 aromatic rings. The highest BCUT2D eigenvalue weighted by Gasteiger charge is 2.43. The molecule has 21 heavy (non-hydrogen) atoms. The smallest absolute Gasteiger partial charge is 0.112 e. The maximum absolute atomic E-state index is 4.60. The lowest BCUT2D eigenvalue weighted by Crippen LogP contribution is -2.65. The SMILES string of the molecule is CC(C)C1CNC(C(C)(C)C)CN1C(C)(C)c1nccs1. The van der Waals surface area contributed by atoms with E-state index in [2.05, 4.69) is 69.0 Å². The Kier molecular flexibility index (Phi) is 4.81. The summed E-state index contributed by atoms with van der Waals surface area (Å²) in [6, 6.07) is 1.08. The molecule has 2 rings (SSSR count). The van der Waals surface area contributed by atoms with Crippen LogP contribution < -0.4 is 5.32 Å². The molecule has 0 aliphatic carbocycles. The molecular formula is C17H31N3S. The van der Waals surface area contributed by atoms with E-state index in [0.717, 1.165) is 13.1 Å². The van der Waals surface area contributed by atoms with E-state index < -0.39 is 0 Å². The predicted octanol–water partition coefficient (Wildman–Crippen LogP) is 3.72. The van der Waals surface area contributed by atoms with Gasteiger partial charge in [0.15, 0.2) is 0 Å². The van der Waals surface area contributed by atoms with Gasteiger partial charge in [-0.1, -0.05) is 34.6 Å². The summed E-state index contributed by atoms with van der Waals surface area (Å²) >= 11 is 1.77. The highest BCUT2D eigenvalue weighted by molar-refractivity contribution is 7.09. The normalized spacial score (nSPS) is 25.5. The number of piperazine rings is 1. The molecular weight excluding hydrogens is 278 g/mol. The molecule has 0 saturated carbocycles. The van der Waals surface area contributed by atoms with E-state index in [4.69, 9.17) is 0 Å². The van der Waals surface area contributed by atoms with Gasteiger partial charge in [-0.15, -0.1) is 11.3 Å². The van der Waals surface area contributed by atoms with Crippen molar-refractivity contribution in [2.45, 2.75) is 66.1 Å². The molecule has 0 bridgehead atoms. The van der Waals surface area contributed by atoms with Gasteiger partial charge in [0.1, 0.15) is 5.01 Å². The van der Waals surface area contributed by atoms with Crippen LogP contribution in [0.15, 0.2) is 11.6 Å². The maximum Gasteiger partial charge on any atom is 0.112 e. The van der Waals surface area contributed by atoms with Gasteiger partial charge in [0.05, 0.1) is 5.54 Å². The lowest BCUT2D eigenvalue weighted by Gasteiger charge is -2.52. The van der Waals surface area contributed by atoms with Crippen LogP contribution in [0.2, 0.25) is 0 Å². The van der Waals surface area contributed by atoms with E-state index in [1.54, 1.807) is 11.3 Å². The van der Waals surface area contributed by atoms with Crippen LogP contribution in [0, 0.1) is 11.3 Å². The first-order valence-electron chi connectivity index (χ1n) is 8.04. The van der Waals surface area contributed by atoms with Gasteiger partial charge in [0, 0.05) is 36.8 Å². The number of thiazole rings is 1. The van der Waals surface area contributed by atoms with Crippen LogP contribution in [0.5, 0.6) is 0 Å². The maximum atomic E-state index is 4.60. The second kappa shape index (κ2) is 5.98. The molecule has 0 radical (unpaired) electrons. The fraction of sp³-hybridized carbons (Fsp3) is 0.824. The predicted molar refractivity (Wildman–Crippen MR) is 91.7 cm³/mol. The molecule has 120 valence electrons. The second-order valence-electron chi connectivity index (χ2n) is 8.19. The molecule has 2 heterocycles. The van der Waals surface area contributed by atoms with Crippen molar-refractivity contribution in [2.24, 2.45) is 11.3 Å². The summed E-state index contributed by atoms with van der Waals surface area (Å²) in [5.74, 6) is 0.637. The summed E-state index contributed by atoms with van der Waals surface area (Å²) in [6.45, 7) is 18.4. The van der Waals surface area contributed by atoms with E-state index in [-0.39, 0.29) is 11.0 Å². The van der Waals surface area contributed by atoms with Crippen LogP contribution in [-0.4, -0.2) is 35.1 Å². The molecule has 1 fully saturated rings. The first-order chi connectivity index (χ1) is 9.64. The van der Waals surface area contributed by atoms with E-state index in [1.165, 1.54) is 5.01 Å². The molecule has 3 nitrogen and oxygen atoms in total. The Morgan fingerprint density at radius 3 is 2.43 bits per heavy atom. The molecule has 1 N–H and O–H groups in total. The standard InChI is InChI=1S/C17H31N3S/c1-12(2)13-10-19-14(16(3,4)5)11-20(13)17(6,7)15-18-8-9-21-15/h8-9,12-14,19H,10-11H2,1-7H3. The highest BCUT2D eigenvalue weighted by Crippen LogP contribution is 2.36. The summed E-state index contributed by atoms with van der Waals surface area (Å²) < 4.78 is 0. The topological polar surface area (TPSA) is 28.2 Å². The van der Waals surface area contributed by atoms with Crippen LogP contribution in [0.25, 0.3) is 0 Å². The molecule has 2 unspecified atom stereocenters. The van der Waals surface area contributed by atoms with Crippen molar-refractivity contribution in [3.05, 3.63) is 16.6 Å². The molecule has 0 amide bonds. The quantitative estimate of drug-likeness (QED) is 0.922. The third-order valence-corrected chi connectivity index (χ3v) is 5.93. The second-order valence-corrected chi connectivity index (χ2v) is 9.08. The molecule has 1 aliphatic heterocycles. The Labute approximate surface area is 134 Å². The molecule has 1 aliphatic rings. The molecule has 1 aromatic heterocycles. The van der Waals surface area contributed by atoms with Crippen LogP contribution in [0.3, 0.4) is 0 Å². The van der Waals surface area contributed by atoms with Gasteiger partial charge in [-0.3, -0.25) is 4.90 Å². The van der Waals surface area contributed by atoms with Crippen molar-refractivity contribution >= 4 is 11.3 Å². The minimum absolute atomic E-state index is 0.00525. The highest BCUT2D eigenvalue weighted by atomic mass is 32.1. The monoisotopic (exact) mass is 309 g/mol. The number of aromatic nitrogens is 1. The number of nitrogens with zero attached hydrogens (tertiary/aromatic N) is 2. The van der Waals surface area contributed by atoms with Crippen molar-refractivity contribution in [3.8, 4) is 0 Å². The largest absolute Gasteiger partial charge is 0.311 e. The van der Waals surface area contributed by atoms with Crippen molar-refractivity contribution < 1.29 is 0 Å². The minimum Gasteiger partial charge on any atom is -0.311 e. The van der Waals surface area contributed by atoms with E-state index >= 15 is 0 Å². The molecule has 4 heteroatoms. The summed E-state index contributed by atoms with van der Waals surface area (Å²) in [5, 5.41) is 7.09. The van der Waals surface area contributed by atoms with Crippen molar-refractivity contribution in [2.75, 3.05) is 13.1 Å². The lowest BCUT2D eigenvalue weighted by molar-refractivity contribution is -0.0119. The summed E-state index contributed by atoms with van der Waals surface area (Å²) in [6.07, 6.45) is 1.93. The molecule has 0 aromatic carbocycles. The van der Waals surface area contributed by atoms with Crippen molar-refractivity contribution in [1.82, 2.24) is 15.2 Å². The average Bonchev–Trinajstić information content (AvgIpc) is 2.91. The first-order valence-corrected chi connectivity index (χ1v) is 8.92. The van der Waals surface area contributed by atoms with Gasteiger partial charge in [0.25, 0.3) is 0 Å². The lowest BCUT2D eigenvalue weighted by atomic mass is 9.82. The Balaban J connectivity index is 2.30. The summed E-state index contributed by atoms with van der Waals surface area (Å²) in [7, 11) is 0. The third kappa shape index (κ3) is 3.49. The average molecular weight is 310 g/mol. The molecule has 2 atom stereocenters. The Morgan fingerprint density at radius 1 is 1.29 bits per heavy atom. The Morgan fingerprint density at radius 2 is 1.95 bits per heavy atom. The Hall–Kier alpha value is -0.450. The minimum atomic E-state index is -0.00525. The van der Waals surface area contributed by atoms with Crippen molar-refractivity contribution in [1.29, 1.82) is 0 Å². The van der Waals surface area contributed by atoms with Crippen LogP contribution >= 0.6 is 11.3 Å². The zero-order chi connectivity index (χ0) is 15.8. The van der Waals surface area contributed by atoms with Gasteiger partial charge in [0.2, 0.25) is 0 Å². The number of hydrogen-bond acceptors (Lipinski definition) is 4. The number of nitrogens with one attached hydrogen (secondary N) is 1. The fourth-order valence-corrected chi connectivity index (χ4v) is 4.01. The molecule has 1 saturated heterocycles. The van der Waals surface area contributed by atoms with Crippen molar-refractivity contribution in [3.63, 3.8) is 0 Å². The van der Waals surface area contributed by atoms with Gasteiger partial charge in [-0.25, -0.2) is 4.98 Å². The number of rotatable bonds is 3. The van der Waals surface area contributed by atoms with Gasteiger partial charge < -0.3 is 5.32 Å². The van der Waals surface area contributed by atoms with Gasteiger partial charge in [-0.05, 0) is 25.2 Å². The first kappa shape index (κ1) is 16.9. The number of hydrogen-bond donors (Lipinski definition) is 1. The van der Waals surface area contributed by atoms with Crippen LogP contribution in [0.4, 0.5) is 0 Å². The van der Waals surface area contributed by atoms with E-state index in [1.807, 2.05) is 6.20 Å². The summed E-state index contributed by atoms with van der Waals surface area (Å²) in [5.41, 5.74) is 0.272. The zero-order valence-electron chi connectivity index (χ0n) is 14.6. The summed E-state index contributed by atoms with van der Waals surface area (Å²) in [4.78, 5) is 7.28. The van der Waals surface area contributed by atoms with Crippen LogP contribution in [0.1, 0.15) is 53.5 Å². The van der Waals surface area contributed by atoms with Gasteiger partial charge >= 0.3 is 0 Å². The van der Waals surface area contributed by atoms with E-state index in [9.17, 15) is 0 Å². The van der Waals surface area contributed by atoms with Gasteiger partial charge in [-0.2, -0.15) is 0 Å². The third-order valence-electron chi connectivity index (χ3n) is 4.84. The molecule has 0 spiro atoms. The fourth-order valence-electron chi connectivity index (χ4n) is 3.24. The van der Waals surface area contributed by atoms with Crippen LogP contribution in [-0.2, 0) is 5.54 Å². The Bertz CT molecular complexity index is 445. The van der Waals surface area contributed by atoms with E-state index in [0.29, 0.717) is 18.0 Å².